The predicted molar refractivity (Wildman–Crippen MR) is 67.1 cm³/mol. The normalized spacial score (nSPS) is 19.8. The van der Waals surface area contributed by atoms with Crippen molar-refractivity contribution < 1.29 is 4.74 Å². The van der Waals surface area contributed by atoms with E-state index >= 15 is 0 Å². The Bertz CT molecular complexity index is 547. The summed E-state index contributed by atoms with van der Waals surface area (Å²) < 4.78 is 7.87. The molecule has 90 valence electrons. The number of benzene rings is 1. The third-order valence-corrected chi connectivity index (χ3v) is 3.24. The standard InChI is InChI=1S/C13H17N3O/c1-3-11-7-14-6-9-4-12-10(5-13(9)17-11)8-16(2)15-12/h4-5,8,11,14H,3,6-7H2,1-2H3/t11-/m1/s1. The second-order valence-corrected chi connectivity index (χ2v) is 4.60. The minimum atomic E-state index is 0.269. The number of nitrogens with zero attached hydrogens (tertiary/aromatic N) is 2. The maximum absolute atomic E-state index is 6.02. The molecule has 3 rings (SSSR count). The average Bonchev–Trinajstić information content (AvgIpc) is 2.55. The molecule has 1 aromatic carbocycles. The second kappa shape index (κ2) is 4.04. The molecule has 1 atom stereocenters. The lowest BCUT2D eigenvalue weighted by Gasteiger charge is -2.14. The molecule has 0 fully saturated rings. The Kier molecular flexibility index (Phi) is 2.52. The summed E-state index contributed by atoms with van der Waals surface area (Å²) >= 11 is 0. The van der Waals surface area contributed by atoms with Crippen LogP contribution in [0.25, 0.3) is 10.9 Å². The highest BCUT2D eigenvalue weighted by Crippen LogP contribution is 2.28. The van der Waals surface area contributed by atoms with E-state index in [1.54, 1.807) is 0 Å². The molecule has 0 saturated carbocycles. The van der Waals surface area contributed by atoms with E-state index < -0.39 is 0 Å². The van der Waals surface area contributed by atoms with Gasteiger partial charge in [-0.1, -0.05) is 6.92 Å². The third-order valence-electron chi connectivity index (χ3n) is 3.24. The number of hydrogen-bond acceptors (Lipinski definition) is 3. The first-order chi connectivity index (χ1) is 8.26. The van der Waals surface area contributed by atoms with Crippen LogP contribution in [0.4, 0.5) is 0 Å². The zero-order chi connectivity index (χ0) is 11.8. The molecular formula is C13H17N3O. The van der Waals surface area contributed by atoms with Crippen molar-refractivity contribution in [3.8, 4) is 5.75 Å². The molecule has 0 bridgehead atoms. The van der Waals surface area contributed by atoms with Gasteiger partial charge in [-0.2, -0.15) is 5.10 Å². The fourth-order valence-corrected chi connectivity index (χ4v) is 2.28. The molecule has 4 nitrogen and oxygen atoms in total. The number of rotatable bonds is 1. The summed E-state index contributed by atoms with van der Waals surface area (Å²) in [4.78, 5) is 0. The molecule has 1 aromatic heterocycles. The van der Waals surface area contributed by atoms with E-state index in [1.165, 1.54) is 5.56 Å². The van der Waals surface area contributed by atoms with Crippen LogP contribution in [0.1, 0.15) is 18.9 Å². The van der Waals surface area contributed by atoms with Crippen molar-refractivity contribution in [3.05, 3.63) is 23.9 Å². The van der Waals surface area contributed by atoms with Gasteiger partial charge in [0.25, 0.3) is 0 Å². The smallest absolute Gasteiger partial charge is 0.125 e. The summed E-state index contributed by atoms with van der Waals surface area (Å²) in [7, 11) is 1.94. The molecule has 0 unspecified atom stereocenters. The zero-order valence-electron chi connectivity index (χ0n) is 10.2. The molecule has 0 amide bonds. The number of aromatic nitrogens is 2. The van der Waals surface area contributed by atoms with Crippen molar-refractivity contribution >= 4 is 10.9 Å². The van der Waals surface area contributed by atoms with Crippen LogP contribution in [-0.4, -0.2) is 22.4 Å². The fourth-order valence-electron chi connectivity index (χ4n) is 2.28. The molecule has 0 saturated heterocycles. The van der Waals surface area contributed by atoms with Crippen LogP contribution in [-0.2, 0) is 13.6 Å². The van der Waals surface area contributed by atoms with E-state index in [-0.39, 0.29) is 6.10 Å². The Morgan fingerprint density at radius 3 is 3.24 bits per heavy atom. The van der Waals surface area contributed by atoms with Crippen LogP contribution in [0, 0.1) is 0 Å². The maximum Gasteiger partial charge on any atom is 0.125 e. The Hall–Kier alpha value is -1.55. The van der Waals surface area contributed by atoms with Crippen molar-refractivity contribution in [2.75, 3.05) is 6.54 Å². The Morgan fingerprint density at radius 2 is 2.41 bits per heavy atom. The van der Waals surface area contributed by atoms with E-state index in [0.717, 1.165) is 36.2 Å². The molecule has 2 heterocycles. The first-order valence-corrected chi connectivity index (χ1v) is 6.10. The lowest BCUT2D eigenvalue weighted by atomic mass is 10.1. The molecule has 0 aliphatic carbocycles. The minimum absolute atomic E-state index is 0.269. The van der Waals surface area contributed by atoms with E-state index in [2.05, 4.69) is 29.5 Å². The summed E-state index contributed by atoms with van der Waals surface area (Å²) in [6, 6.07) is 4.23. The predicted octanol–water partition coefficient (Wildman–Crippen LogP) is 1.83. The Labute approximate surface area is 101 Å². The van der Waals surface area contributed by atoms with Crippen LogP contribution >= 0.6 is 0 Å². The van der Waals surface area contributed by atoms with E-state index in [1.807, 2.05) is 17.9 Å². The van der Waals surface area contributed by atoms with Gasteiger partial charge in [0, 0.05) is 37.3 Å². The zero-order valence-corrected chi connectivity index (χ0v) is 10.2. The Balaban J connectivity index is 2.08. The highest BCUT2D eigenvalue weighted by molar-refractivity contribution is 5.81. The number of hydrogen-bond donors (Lipinski definition) is 1. The van der Waals surface area contributed by atoms with E-state index in [4.69, 9.17) is 4.74 Å². The lowest BCUT2D eigenvalue weighted by molar-refractivity contribution is 0.202. The van der Waals surface area contributed by atoms with Crippen molar-refractivity contribution in [3.63, 3.8) is 0 Å². The SMILES string of the molecule is CC[C@@H]1CNCc2cc3nn(C)cc3cc2O1. The summed E-state index contributed by atoms with van der Waals surface area (Å²) in [6.07, 6.45) is 3.32. The van der Waals surface area contributed by atoms with Gasteiger partial charge in [0.05, 0.1) is 5.52 Å². The maximum atomic E-state index is 6.02. The van der Waals surface area contributed by atoms with Crippen molar-refractivity contribution in [2.24, 2.45) is 7.05 Å². The third kappa shape index (κ3) is 1.89. The highest BCUT2D eigenvalue weighted by Gasteiger charge is 2.17. The van der Waals surface area contributed by atoms with Gasteiger partial charge in [-0.15, -0.1) is 0 Å². The van der Waals surface area contributed by atoms with Crippen LogP contribution in [0.5, 0.6) is 5.75 Å². The summed E-state index contributed by atoms with van der Waals surface area (Å²) in [5.74, 6) is 1.00. The van der Waals surface area contributed by atoms with Crippen LogP contribution < -0.4 is 10.1 Å². The lowest BCUT2D eigenvalue weighted by Crippen LogP contribution is -2.27. The van der Waals surface area contributed by atoms with Crippen molar-refractivity contribution in [2.45, 2.75) is 26.0 Å². The van der Waals surface area contributed by atoms with Gasteiger partial charge in [-0.3, -0.25) is 4.68 Å². The monoisotopic (exact) mass is 231 g/mol. The first-order valence-electron chi connectivity index (χ1n) is 6.10. The van der Waals surface area contributed by atoms with Crippen molar-refractivity contribution in [1.29, 1.82) is 0 Å². The molecule has 0 spiro atoms. The molecule has 17 heavy (non-hydrogen) atoms. The van der Waals surface area contributed by atoms with Crippen LogP contribution in [0.2, 0.25) is 0 Å². The molecule has 0 radical (unpaired) electrons. The van der Waals surface area contributed by atoms with Gasteiger partial charge in [0.2, 0.25) is 0 Å². The van der Waals surface area contributed by atoms with Gasteiger partial charge in [-0.25, -0.2) is 0 Å². The molecule has 1 aliphatic rings. The van der Waals surface area contributed by atoms with Crippen LogP contribution in [0.3, 0.4) is 0 Å². The summed E-state index contributed by atoms with van der Waals surface area (Å²) in [5, 5.41) is 8.98. The topological polar surface area (TPSA) is 39.1 Å². The molecule has 2 aromatic rings. The summed E-state index contributed by atoms with van der Waals surface area (Å²) in [6.45, 7) is 3.93. The minimum Gasteiger partial charge on any atom is -0.489 e. The second-order valence-electron chi connectivity index (χ2n) is 4.60. The van der Waals surface area contributed by atoms with E-state index in [9.17, 15) is 0 Å². The van der Waals surface area contributed by atoms with Crippen molar-refractivity contribution in [1.82, 2.24) is 15.1 Å². The fraction of sp³-hybridized carbons (Fsp3) is 0.462. The average molecular weight is 231 g/mol. The number of nitrogens with one attached hydrogen (secondary N) is 1. The molecule has 4 heteroatoms. The number of ether oxygens (including phenoxy) is 1. The van der Waals surface area contributed by atoms with Gasteiger partial charge in [0.1, 0.15) is 11.9 Å². The summed E-state index contributed by atoms with van der Waals surface area (Å²) in [5.41, 5.74) is 2.23. The molecule has 1 aliphatic heterocycles. The van der Waals surface area contributed by atoms with Gasteiger partial charge < -0.3 is 10.1 Å². The first kappa shape index (κ1) is 10.6. The van der Waals surface area contributed by atoms with Gasteiger partial charge in [0.15, 0.2) is 0 Å². The van der Waals surface area contributed by atoms with Crippen LogP contribution in [0.15, 0.2) is 18.3 Å². The Morgan fingerprint density at radius 1 is 1.53 bits per heavy atom. The highest BCUT2D eigenvalue weighted by atomic mass is 16.5. The quantitative estimate of drug-likeness (QED) is 0.814. The number of aryl methyl sites for hydroxylation is 1. The molecular weight excluding hydrogens is 214 g/mol. The van der Waals surface area contributed by atoms with E-state index in [0.29, 0.717) is 0 Å². The van der Waals surface area contributed by atoms with Gasteiger partial charge >= 0.3 is 0 Å². The number of fused-ring (bicyclic) bond motifs is 2. The van der Waals surface area contributed by atoms with Gasteiger partial charge in [-0.05, 0) is 18.6 Å². The molecule has 1 N–H and O–H groups in total. The largest absolute Gasteiger partial charge is 0.489 e.